The number of aromatic nitrogens is 4. The molecule has 8 heteroatoms. The highest BCUT2D eigenvalue weighted by atomic mass is 16.3. The Balaban J connectivity index is 1.91. The molecule has 2 aromatic rings. The van der Waals surface area contributed by atoms with E-state index in [9.17, 15) is 5.11 Å². The first kappa shape index (κ1) is 17.6. The number of fused-ring (bicyclic) bond motifs is 1. The number of rotatable bonds is 6. The van der Waals surface area contributed by atoms with Crippen molar-refractivity contribution >= 4 is 28.7 Å². The van der Waals surface area contributed by atoms with Gasteiger partial charge in [-0.25, -0.2) is 15.0 Å². The summed E-state index contributed by atoms with van der Waals surface area (Å²) < 4.78 is 0. The summed E-state index contributed by atoms with van der Waals surface area (Å²) in [4.78, 5) is 20.0. The monoisotopic (exact) mass is 345 g/mol. The van der Waals surface area contributed by atoms with Gasteiger partial charge in [-0.2, -0.15) is 4.98 Å². The first-order valence-corrected chi connectivity index (χ1v) is 8.99. The van der Waals surface area contributed by atoms with Gasteiger partial charge in [-0.15, -0.1) is 0 Å². The van der Waals surface area contributed by atoms with Crippen molar-refractivity contribution in [2.75, 3.05) is 36.2 Å². The van der Waals surface area contributed by atoms with Crippen LogP contribution in [0.4, 0.5) is 17.7 Å². The molecule has 0 spiro atoms. The van der Waals surface area contributed by atoms with Crippen molar-refractivity contribution in [3.05, 3.63) is 6.20 Å². The zero-order chi connectivity index (χ0) is 17.8. The predicted octanol–water partition coefficient (Wildman–Crippen LogP) is 2.02. The molecule has 136 valence electrons. The van der Waals surface area contributed by atoms with E-state index in [0.717, 1.165) is 44.5 Å². The average molecular weight is 345 g/mol. The van der Waals surface area contributed by atoms with Gasteiger partial charge in [0.1, 0.15) is 11.0 Å². The van der Waals surface area contributed by atoms with Crippen molar-refractivity contribution in [3.8, 4) is 0 Å². The maximum absolute atomic E-state index is 10.1. The van der Waals surface area contributed by atoms with Crippen molar-refractivity contribution in [2.45, 2.75) is 51.2 Å². The Bertz CT molecular complexity index is 721. The largest absolute Gasteiger partial charge is 0.391 e. The smallest absolute Gasteiger partial charge is 0.225 e. The third-order valence-electron chi connectivity index (χ3n) is 4.42. The lowest BCUT2D eigenvalue weighted by molar-refractivity contribution is 0.116. The molecule has 1 fully saturated rings. The van der Waals surface area contributed by atoms with Gasteiger partial charge < -0.3 is 20.6 Å². The molecule has 2 aromatic heterocycles. The van der Waals surface area contributed by atoms with Gasteiger partial charge in [-0.05, 0) is 19.3 Å². The van der Waals surface area contributed by atoms with Crippen LogP contribution in [-0.4, -0.2) is 57.8 Å². The third-order valence-corrected chi connectivity index (χ3v) is 4.42. The molecule has 0 unspecified atom stereocenters. The Kier molecular flexibility index (Phi) is 5.47. The van der Waals surface area contributed by atoms with Crippen LogP contribution in [0.1, 0.15) is 39.0 Å². The third kappa shape index (κ3) is 4.07. The van der Waals surface area contributed by atoms with Crippen LogP contribution in [0.15, 0.2) is 6.20 Å². The summed E-state index contributed by atoms with van der Waals surface area (Å²) in [5, 5.41) is 16.6. The number of aliphatic hydroxyl groups excluding tert-OH is 1. The Labute approximate surface area is 148 Å². The zero-order valence-corrected chi connectivity index (χ0v) is 15.2. The van der Waals surface area contributed by atoms with Gasteiger partial charge in [0.25, 0.3) is 0 Å². The highest BCUT2D eigenvalue weighted by Gasteiger charge is 2.24. The van der Waals surface area contributed by atoms with E-state index in [4.69, 9.17) is 0 Å². The molecule has 0 aliphatic heterocycles. The van der Waals surface area contributed by atoms with Gasteiger partial charge in [0.05, 0.1) is 18.3 Å². The molecule has 1 aliphatic carbocycles. The molecule has 8 nitrogen and oxygen atoms in total. The van der Waals surface area contributed by atoms with Crippen molar-refractivity contribution in [2.24, 2.45) is 0 Å². The SMILES string of the molecule is CCCNc1nc(N(C)C)c2nc(N[C@@H]3CCCC[C@@H]3O)ncc2n1. The van der Waals surface area contributed by atoms with Gasteiger partial charge in [-0.3, -0.25) is 0 Å². The Morgan fingerprint density at radius 1 is 1.16 bits per heavy atom. The van der Waals surface area contributed by atoms with E-state index < -0.39 is 0 Å². The molecule has 0 radical (unpaired) electrons. The minimum Gasteiger partial charge on any atom is -0.391 e. The normalized spacial score (nSPS) is 20.5. The Hall–Kier alpha value is -2.22. The lowest BCUT2D eigenvalue weighted by Gasteiger charge is -2.28. The molecular formula is C17H27N7O. The number of hydrogen-bond donors (Lipinski definition) is 3. The maximum atomic E-state index is 10.1. The van der Waals surface area contributed by atoms with E-state index in [1.165, 1.54) is 0 Å². The van der Waals surface area contributed by atoms with Crippen LogP contribution in [0.2, 0.25) is 0 Å². The number of nitrogens with one attached hydrogen (secondary N) is 2. The molecule has 3 rings (SSSR count). The second-order valence-corrected chi connectivity index (χ2v) is 6.72. The fourth-order valence-corrected chi connectivity index (χ4v) is 3.06. The van der Waals surface area contributed by atoms with Gasteiger partial charge >= 0.3 is 0 Å². The Morgan fingerprint density at radius 3 is 2.68 bits per heavy atom. The highest BCUT2D eigenvalue weighted by Crippen LogP contribution is 2.25. The molecule has 2 atom stereocenters. The molecule has 1 aliphatic rings. The van der Waals surface area contributed by atoms with Gasteiger partial charge in [-0.1, -0.05) is 19.8 Å². The van der Waals surface area contributed by atoms with E-state index in [2.05, 4.69) is 37.5 Å². The second kappa shape index (κ2) is 7.77. The maximum Gasteiger partial charge on any atom is 0.225 e. The van der Waals surface area contributed by atoms with Gasteiger partial charge in [0.2, 0.25) is 11.9 Å². The summed E-state index contributed by atoms with van der Waals surface area (Å²) in [6.45, 7) is 2.92. The van der Waals surface area contributed by atoms with Crippen LogP contribution in [0.3, 0.4) is 0 Å². The molecular weight excluding hydrogens is 318 g/mol. The van der Waals surface area contributed by atoms with Crippen molar-refractivity contribution in [3.63, 3.8) is 0 Å². The lowest BCUT2D eigenvalue weighted by atomic mass is 9.93. The summed E-state index contributed by atoms with van der Waals surface area (Å²) in [5.41, 5.74) is 1.40. The van der Waals surface area contributed by atoms with Crippen LogP contribution in [0.25, 0.3) is 11.0 Å². The summed E-state index contributed by atoms with van der Waals surface area (Å²) in [6.07, 6.45) is 6.31. The minimum absolute atomic E-state index is 0.000388. The first-order valence-electron chi connectivity index (χ1n) is 8.99. The van der Waals surface area contributed by atoms with Gasteiger partial charge in [0, 0.05) is 20.6 Å². The number of nitrogens with zero attached hydrogens (tertiary/aromatic N) is 5. The number of hydrogen-bond acceptors (Lipinski definition) is 8. The molecule has 0 aromatic carbocycles. The van der Waals surface area contributed by atoms with E-state index in [1.54, 1.807) is 6.20 Å². The number of anilines is 3. The first-order chi connectivity index (χ1) is 12.1. The van der Waals surface area contributed by atoms with Crippen LogP contribution in [-0.2, 0) is 0 Å². The molecule has 0 saturated heterocycles. The van der Waals surface area contributed by atoms with Crippen LogP contribution in [0, 0.1) is 0 Å². The molecule has 1 saturated carbocycles. The summed E-state index contributed by atoms with van der Waals surface area (Å²) in [6, 6.07) is 0.000388. The number of aliphatic hydroxyl groups is 1. The van der Waals surface area contributed by atoms with E-state index >= 15 is 0 Å². The van der Waals surface area contributed by atoms with Gasteiger partial charge in [0.15, 0.2) is 5.82 Å². The minimum atomic E-state index is -0.349. The zero-order valence-electron chi connectivity index (χ0n) is 15.2. The van der Waals surface area contributed by atoms with E-state index in [1.807, 2.05) is 19.0 Å². The average Bonchev–Trinajstić information content (AvgIpc) is 2.61. The Morgan fingerprint density at radius 2 is 1.96 bits per heavy atom. The van der Waals surface area contributed by atoms with Crippen LogP contribution in [0.5, 0.6) is 0 Å². The molecule has 3 N–H and O–H groups in total. The molecule has 25 heavy (non-hydrogen) atoms. The van der Waals surface area contributed by atoms with Crippen LogP contribution >= 0.6 is 0 Å². The predicted molar refractivity (Wildman–Crippen MR) is 100 cm³/mol. The van der Waals surface area contributed by atoms with E-state index in [0.29, 0.717) is 22.9 Å². The fourth-order valence-electron chi connectivity index (χ4n) is 3.06. The van der Waals surface area contributed by atoms with Crippen molar-refractivity contribution in [1.82, 2.24) is 19.9 Å². The summed E-state index contributed by atoms with van der Waals surface area (Å²) >= 11 is 0. The lowest BCUT2D eigenvalue weighted by Crippen LogP contribution is -2.36. The quantitative estimate of drug-likeness (QED) is 0.731. The molecule has 0 amide bonds. The second-order valence-electron chi connectivity index (χ2n) is 6.72. The summed E-state index contributed by atoms with van der Waals surface area (Å²) in [5.74, 6) is 1.85. The molecule has 0 bridgehead atoms. The van der Waals surface area contributed by atoms with Crippen molar-refractivity contribution < 1.29 is 5.11 Å². The fraction of sp³-hybridized carbons (Fsp3) is 0.647. The standard InChI is InChI=1S/C17H27N7O/c1-4-9-18-16-21-12-10-19-17(20-11-7-5-6-8-13(11)25)22-14(12)15(23-16)24(2)3/h10-11,13,25H,4-9H2,1-3H3,(H,18,21,23)(H,19,20,22)/t11-,13+/m1/s1. The topological polar surface area (TPSA) is 99.1 Å². The van der Waals surface area contributed by atoms with Crippen molar-refractivity contribution in [1.29, 1.82) is 0 Å². The summed E-state index contributed by atoms with van der Waals surface area (Å²) in [7, 11) is 3.87. The highest BCUT2D eigenvalue weighted by molar-refractivity contribution is 5.86. The van der Waals surface area contributed by atoms with Crippen LogP contribution < -0.4 is 15.5 Å². The molecule has 2 heterocycles. The van der Waals surface area contributed by atoms with E-state index in [-0.39, 0.29) is 12.1 Å².